The molecule has 3 rings (SSSR count). The van der Waals surface area contributed by atoms with Gasteiger partial charge in [0.2, 0.25) is 6.29 Å². The Morgan fingerprint density at radius 3 is 2.53 bits per heavy atom. The maximum atomic E-state index is 12.1. The molecule has 192 valence electrons. The Balaban J connectivity index is 1.59. The zero-order chi connectivity index (χ0) is 25.4. The van der Waals surface area contributed by atoms with Gasteiger partial charge in [-0.25, -0.2) is 13.9 Å². The van der Waals surface area contributed by atoms with Gasteiger partial charge in [-0.05, 0) is 13.8 Å². The molecule has 16 nitrogen and oxygen atoms in total. The Kier molecular flexibility index (Phi) is 8.12. The first-order valence-electron chi connectivity index (χ1n) is 9.89. The molecule has 0 radical (unpaired) electrons. The van der Waals surface area contributed by atoms with Gasteiger partial charge >= 0.3 is 21.3 Å². The molecule has 0 bridgehead atoms. The minimum atomic E-state index is -5.38. The van der Waals surface area contributed by atoms with E-state index in [4.69, 9.17) is 9.47 Å². The Morgan fingerprint density at radius 2 is 1.85 bits per heavy atom. The van der Waals surface area contributed by atoms with Crippen molar-refractivity contribution < 1.29 is 56.8 Å². The zero-order valence-corrected chi connectivity index (χ0v) is 19.7. The van der Waals surface area contributed by atoms with E-state index in [9.17, 15) is 43.5 Å². The number of Topliss-reactive ketones (excluding diaryl/α,β-unsaturated/α-hetero) is 1. The molecular weight excluding hydrogens is 506 g/mol. The van der Waals surface area contributed by atoms with E-state index in [0.29, 0.717) is 0 Å². The van der Waals surface area contributed by atoms with Crippen LogP contribution in [0.2, 0.25) is 0 Å². The van der Waals surface area contributed by atoms with Crippen molar-refractivity contribution in [2.75, 3.05) is 6.61 Å². The number of rotatable bonds is 8. The van der Waals surface area contributed by atoms with Crippen molar-refractivity contribution >= 4 is 21.4 Å². The number of ether oxygens (including phenoxy) is 2. The molecule has 0 aliphatic carbocycles. The Morgan fingerprint density at radius 1 is 1.18 bits per heavy atom. The Bertz CT molecular complexity index is 1130. The highest BCUT2D eigenvalue weighted by Gasteiger charge is 2.45. The quantitative estimate of drug-likeness (QED) is 0.249. The van der Waals surface area contributed by atoms with Crippen LogP contribution in [0.15, 0.2) is 15.8 Å². The summed E-state index contributed by atoms with van der Waals surface area (Å²) in [5.74, 6) is -0.731. The summed E-state index contributed by atoms with van der Waals surface area (Å²) in [6, 6.07) is 0. The van der Waals surface area contributed by atoms with E-state index in [-0.39, 0.29) is 18.4 Å². The van der Waals surface area contributed by atoms with Gasteiger partial charge in [-0.2, -0.15) is 4.31 Å². The van der Waals surface area contributed by atoms with E-state index in [1.165, 1.54) is 20.0 Å². The van der Waals surface area contributed by atoms with E-state index < -0.39 is 76.2 Å². The van der Waals surface area contributed by atoms with Gasteiger partial charge in [0.05, 0.1) is 18.8 Å². The average molecular weight is 530 g/mol. The lowest BCUT2D eigenvalue weighted by molar-refractivity contribution is -0.201. The number of aromatic amines is 1. The summed E-state index contributed by atoms with van der Waals surface area (Å²) in [6.45, 7) is 2.08. The molecule has 0 spiro atoms. The number of phosphoric acid groups is 2. The van der Waals surface area contributed by atoms with Crippen molar-refractivity contribution in [1.82, 2.24) is 9.55 Å². The van der Waals surface area contributed by atoms with Gasteiger partial charge in [-0.15, -0.1) is 0 Å². The van der Waals surface area contributed by atoms with Crippen LogP contribution in [-0.2, 0) is 36.8 Å². The average Bonchev–Trinajstić information content (AvgIpc) is 3.06. The molecule has 8 unspecified atom stereocenters. The van der Waals surface area contributed by atoms with E-state index >= 15 is 0 Å². The highest BCUT2D eigenvalue weighted by molar-refractivity contribution is 7.61. The van der Waals surface area contributed by atoms with Gasteiger partial charge in [-0.1, -0.05) is 0 Å². The molecule has 34 heavy (non-hydrogen) atoms. The number of H-pyrrole nitrogens is 1. The third-order valence-electron chi connectivity index (χ3n) is 4.95. The number of phosphoric ester groups is 2. The van der Waals surface area contributed by atoms with Crippen LogP contribution in [-0.4, -0.2) is 72.6 Å². The van der Waals surface area contributed by atoms with Crippen molar-refractivity contribution in [3.05, 3.63) is 32.6 Å². The summed E-state index contributed by atoms with van der Waals surface area (Å²) in [4.78, 5) is 56.7. The van der Waals surface area contributed by atoms with Crippen LogP contribution in [0.1, 0.15) is 31.6 Å². The number of aliphatic hydroxyl groups is 2. The van der Waals surface area contributed by atoms with Gasteiger partial charge in [0, 0.05) is 24.6 Å². The molecule has 2 aliphatic rings. The number of aromatic nitrogens is 2. The first-order valence-corrected chi connectivity index (χ1v) is 12.9. The number of aryl methyl sites for hydroxylation is 1. The molecule has 5 N–H and O–H groups in total. The van der Waals surface area contributed by atoms with Crippen molar-refractivity contribution in [3.8, 4) is 0 Å². The number of nitrogens with one attached hydrogen (secondary N) is 1. The minimum absolute atomic E-state index is 0.138. The van der Waals surface area contributed by atoms with Gasteiger partial charge in [0.15, 0.2) is 11.9 Å². The third kappa shape index (κ3) is 6.56. The molecule has 1 aromatic heterocycles. The SMILES string of the molecule is Cc1cn(C2CC(O)C(COP(=O)(O)OP(=O)(O)OC3OC(C)CC(=O)C3O)O2)c(=O)[nH]c1=O. The second kappa shape index (κ2) is 10.2. The first kappa shape index (κ1) is 27.0. The minimum Gasteiger partial charge on any atom is -0.390 e. The topological polar surface area (TPSA) is 233 Å². The molecule has 0 amide bonds. The van der Waals surface area contributed by atoms with E-state index in [1.807, 2.05) is 0 Å². The normalized spacial score (nSPS) is 33.4. The Labute approximate surface area is 191 Å². The largest absolute Gasteiger partial charge is 0.483 e. The predicted octanol–water partition coefficient (Wildman–Crippen LogP) is -1.19. The van der Waals surface area contributed by atoms with Gasteiger partial charge in [0.1, 0.15) is 12.3 Å². The standard InChI is InChI=1S/C16H24N2O14P2/c1-7-5-18(16(23)17-14(7)22)12-4-9(19)11(30-12)6-28-33(24,25)32-34(26,27)31-15-13(21)10(20)3-8(2)29-15/h5,8-9,11-13,15,19,21H,3-4,6H2,1-2H3,(H,24,25)(H,26,27)(H,17,22,23). The molecule has 0 aromatic carbocycles. The van der Waals surface area contributed by atoms with Crippen molar-refractivity contribution in [1.29, 1.82) is 0 Å². The summed E-state index contributed by atoms with van der Waals surface area (Å²) in [5.41, 5.74) is -1.20. The fourth-order valence-corrected chi connectivity index (χ4v) is 5.45. The van der Waals surface area contributed by atoms with E-state index in [0.717, 1.165) is 4.57 Å². The molecule has 8 atom stereocenters. The van der Waals surface area contributed by atoms with Gasteiger partial charge in [-0.3, -0.25) is 28.2 Å². The monoisotopic (exact) mass is 530 g/mol. The third-order valence-corrected chi connectivity index (χ3v) is 7.55. The molecule has 3 heterocycles. The summed E-state index contributed by atoms with van der Waals surface area (Å²) >= 11 is 0. The van der Waals surface area contributed by atoms with Crippen LogP contribution in [0.3, 0.4) is 0 Å². The molecule has 2 fully saturated rings. The zero-order valence-electron chi connectivity index (χ0n) is 17.9. The fourth-order valence-electron chi connectivity index (χ4n) is 3.30. The van der Waals surface area contributed by atoms with Crippen molar-refractivity contribution in [2.24, 2.45) is 0 Å². The maximum absolute atomic E-state index is 12.1. The highest BCUT2D eigenvalue weighted by atomic mass is 31.3. The lowest BCUT2D eigenvalue weighted by atomic mass is 10.1. The molecule has 1 aromatic rings. The van der Waals surface area contributed by atoms with Crippen molar-refractivity contribution in [3.63, 3.8) is 0 Å². The Hall–Kier alpha value is -1.55. The van der Waals surface area contributed by atoms with Crippen molar-refractivity contribution in [2.45, 2.75) is 63.6 Å². The molecular formula is C16H24N2O14P2. The summed E-state index contributed by atoms with van der Waals surface area (Å²) < 4.78 is 49.0. The van der Waals surface area contributed by atoms with Gasteiger partial charge < -0.3 is 29.5 Å². The highest BCUT2D eigenvalue weighted by Crippen LogP contribution is 2.61. The molecule has 18 heteroatoms. The second-order valence-electron chi connectivity index (χ2n) is 7.76. The lowest BCUT2D eigenvalue weighted by Crippen LogP contribution is -2.45. The number of ketones is 1. The first-order chi connectivity index (χ1) is 15.7. The summed E-state index contributed by atoms with van der Waals surface area (Å²) in [7, 11) is -10.7. The summed E-state index contributed by atoms with van der Waals surface area (Å²) in [6.07, 6.45) is -7.27. The van der Waals surface area contributed by atoms with Crippen LogP contribution in [0.5, 0.6) is 0 Å². The van der Waals surface area contributed by atoms with Crippen LogP contribution >= 0.6 is 15.6 Å². The van der Waals surface area contributed by atoms with Crippen LogP contribution in [0.25, 0.3) is 0 Å². The maximum Gasteiger partial charge on any atom is 0.483 e. The number of carbonyl (C=O) groups excluding carboxylic acids is 1. The fraction of sp³-hybridized carbons (Fsp3) is 0.688. The number of hydrogen-bond donors (Lipinski definition) is 5. The molecule has 2 saturated heterocycles. The van der Waals surface area contributed by atoms with Crippen LogP contribution in [0.4, 0.5) is 0 Å². The van der Waals surface area contributed by atoms with Crippen LogP contribution < -0.4 is 11.2 Å². The lowest BCUT2D eigenvalue weighted by Gasteiger charge is -2.31. The van der Waals surface area contributed by atoms with Crippen LogP contribution in [0, 0.1) is 6.92 Å². The van der Waals surface area contributed by atoms with E-state index in [2.05, 4.69) is 18.3 Å². The number of nitrogens with zero attached hydrogens (tertiary/aromatic N) is 1. The molecule has 2 aliphatic heterocycles. The molecule has 0 saturated carbocycles. The van der Waals surface area contributed by atoms with Gasteiger partial charge in [0.25, 0.3) is 5.56 Å². The predicted molar refractivity (Wildman–Crippen MR) is 108 cm³/mol. The number of hydrogen-bond acceptors (Lipinski definition) is 12. The summed E-state index contributed by atoms with van der Waals surface area (Å²) in [5, 5.41) is 19.9. The smallest absolute Gasteiger partial charge is 0.390 e. The number of carbonyl (C=O) groups is 1. The number of aliphatic hydroxyl groups excluding tert-OH is 2. The van der Waals surface area contributed by atoms with E-state index in [1.54, 1.807) is 0 Å². The second-order valence-corrected chi connectivity index (χ2v) is 10.8.